The smallest absolute Gasteiger partial charge is 0.174 e. The largest absolute Gasteiger partial charge is 0.383 e. The molecule has 0 amide bonds. The first kappa shape index (κ1) is 17.6. The van der Waals surface area contributed by atoms with E-state index in [1.54, 1.807) is 13.4 Å². The maximum Gasteiger partial charge on any atom is 0.174 e. The summed E-state index contributed by atoms with van der Waals surface area (Å²) in [5.74, 6) is 0.472. The molecule has 0 bridgehead atoms. The number of hydrogen-bond donors (Lipinski definition) is 0. The van der Waals surface area contributed by atoms with E-state index in [4.69, 9.17) is 4.74 Å². The standard InChI is InChI=1S/C19H21N3O2S/c1-13-10-16(14(2)22(13)8-9-24-3)18(23)11-25-19-15-6-4-5-7-17(15)20-12-21-19/h4-7,10,12H,8-9,11H2,1-3H3. The molecule has 0 aliphatic carbocycles. The van der Waals surface area contributed by atoms with Gasteiger partial charge in [0.15, 0.2) is 5.78 Å². The van der Waals surface area contributed by atoms with Crippen molar-refractivity contribution in [2.45, 2.75) is 25.4 Å². The minimum atomic E-state index is 0.115. The Balaban J connectivity index is 1.76. The molecule has 25 heavy (non-hydrogen) atoms. The summed E-state index contributed by atoms with van der Waals surface area (Å²) in [6.45, 7) is 5.39. The number of thioether (sulfide) groups is 1. The number of carbonyl (C=O) groups is 1. The zero-order valence-corrected chi connectivity index (χ0v) is 15.5. The van der Waals surface area contributed by atoms with Crippen LogP contribution in [-0.4, -0.2) is 39.8 Å². The topological polar surface area (TPSA) is 57.0 Å². The molecule has 2 aromatic heterocycles. The van der Waals surface area contributed by atoms with E-state index < -0.39 is 0 Å². The summed E-state index contributed by atoms with van der Waals surface area (Å²) < 4.78 is 7.27. The highest BCUT2D eigenvalue weighted by atomic mass is 32.2. The number of benzene rings is 1. The van der Waals surface area contributed by atoms with Crippen LogP contribution in [0.5, 0.6) is 0 Å². The molecule has 1 aromatic carbocycles. The molecule has 130 valence electrons. The van der Waals surface area contributed by atoms with Gasteiger partial charge in [-0.25, -0.2) is 9.97 Å². The van der Waals surface area contributed by atoms with Gasteiger partial charge in [-0.3, -0.25) is 4.79 Å². The average molecular weight is 355 g/mol. The molecular weight excluding hydrogens is 334 g/mol. The molecule has 0 N–H and O–H groups in total. The lowest BCUT2D eigenvalue weighted by molar-refractivity contribution is 0.102. The summed E-state index contributed by atoms with van der Waals surface area (Å²) in [5, 5.41) is 1.82. The van der Waals surface area contributed by atoms with E-state index in [9.17, 15) is 4.79 Å². The number of fused-ring (bicyclic) bond motifs is 1. The second kappa shape index (κ2) is 7.80. The first-order chi connectivity index (χ1) is 12.1. The minimum Gasteiger partial charge on any atom is -0.383 e. The van der Waals surface area contributed by atoms with E-state index in [-0.39, 0.29) is 5.78 Å². The Morgan fingerprint density at radius 2 is 2.04 bits per heavy atom. The highest BCUT2D eigenvalue weighted by Crippen LogP contribution is 2.26. The Morgan fingerprint density at radius 3 is 2.84 bits per heavy atom. The van der Waals surface area contributed by atoms with E-state index in [0.29, 0.717) is 12.4 Å². The van der Waals surface area contributed by atoms with Gasteiger partial charge in [-0.05, 0) is 26.0 Å². The molecule has 0 saturated carbocycles. The van der Waals surface area contributed by atoms with Crippen molar-refractivity contribution in [2.75, 3.05) is 19.5 Å². The van der Waals surface area contributed by atoms with Gasteiger partial charge >= 0.3 is 0 Å². The van der Waals surface area contributed by atoms with Crippen LogP contribution in [0.1, 0.15) is 21.7 Å². The molecule has 5 nitrogen and oxygen atoms in total. The van der Waals surface area contributed by atoms with Gasteiger partial charge in [0.1, 0.15) is 11.4 Å². The Morgan fingerprint density at radius 1 is 1.24 bits per heavy atom. The fraction of sp³-hybridized carbons (Fsp3) is 0.316. The number of carbonyl (C=O) groups excluding carboxylic acids is 1. The molecule has 0 saturated heterocycles. The van der Waals surface area contributed by atoms with Crippen LogP contribution in [0.15, 0.2) is 41.7 Å². The zero-order valence-electron chi connectivity index (χ0n) is 14.7. The van der Waals surface area contributed by atoms with Gasteiger partial charge in [-0.1, -0.05) is 30.0 Å². The lowest BCUT2D eigenvalue weighted by atomic mass is 10.2. The number of hydrogen-bond acceptors (Lipinski definition) is 5. The van der Waals surface area contributed by atoms with Gasteiger partial charge in [-0.15, -0.1) is 0 Å². The van der Waals surface area contributed by atoms with Crippen LogP contribution in [0.4, 0.5) is 0 Å². The quantitative estimate of drug-likeness (QED) is 0.368. The number of ether oxygens (including phenoxy) is 1. The molecule has 0 aliphatic heterocycles. The number of aryl methyl sites for hydroxylation is 1. The Hall–Kier alpha value is -2.18. The molecule has 0 unspecified atom stereocenters. The highest BCUT2D eigenvalue weighted by Gasteiger charge is 2.16. The number of methoxy groups -OCH3 is 1. The third kappa shape index (κ3) is 3.75. The second-order valence-corrected chi connectivity index (χ2v) is 6.80. The predicted molar refractivity (Wildman–Crippen MR) is 100 cm³/mol. The molecule has 0 aliphatic rings. The normalized spacial score (nSPS) is 11.2. The van der Waals surface area contributed by atoms with E-state index in [2.05, 4.69) is 14.5 Å². The summed E-state index contributed by atoms with van der Waals surface area (Å²) >= 11 is 1.46. The number of Topliss-reactive ketones (excluding diaryl/α,β-unsaturated/α-hetero) is 1. The van der Waals surface area contributed by atoms with Gasteiger partial charge in [0.2, 0.25) is 0 Å². The molecule has 3 rings (SSSR count). The summed E-state index contributed by atoms with van der Waals surface area (Å²) in [5.41, 5.74) is 3.74. The maximum atomic E-state index is 12.7. The van der Waals surface area contributed by atoms with Crippen LogP contribution < -0.4 is 0 Å². The van der Waals surface area contributed by atoms with Crippen molar-refractivity contribution < 1.29 is 9.53 Å². The fourth-order valence-corrected chi connectivity index (χ4v) is 3.79. The fourth-order valence-electron chi connectivity index (χ4n) is 2.92. The third-order valence-electron chi connectivity index (χ3n) is 4.24. The lowest BCUT2D eigenvalue weighted by Gasteiger charge is -2.09. The van der Waals surface area contributed by atoms with Crippen molar-refractivity contribution in [3.8, 4) is 0 Å². The predicted octanol–water partition coefficient (Wildman–Crippen LogP) is 3.67. The Bertz CT molecular complexity index is 900. The number of rotatable bonds is 7. The number of nitrogens with zero attached hydrogens (tertiary/aromatic N) is 3. The Labute approximate surface area is 151 Å². The zero-order chi connectivity index (χ0) is 17.8. The summed E-state index contributed by atoms with van der Waals surface area (Å²) in [7, 11) is 1.68. The van der Waals surface area contributed by atoms with Crippen molar-refractivity contribution in [1.82, 2.24) is 14.5 Å². The van der Waals surface area contributed by atoms with Gasteiger partial charge in [0, 0.05) is 36.0 Å². The number of para-hydroxylation sites is 1. The van der Waals surface area contributed by atoms with E-state index >= 15 is 0 Å². The van der Waals surface area contributed by atoms with Crippen LogP contribution in [0, 0.1) is 13.8 Å². The van der Waals surface area contributed by atoms with Gasteiger partial charge in [0.05, 0.1) is 17.9 Å². The van der Waals surface area contributed by atoms with Gasteiger partial charge in [-0.2, -0.15) is 0 Å². The number of aromatic nitrogens is 3. The van der Waals surface area contributed by atoms with Gasteiger partial charge < -0.3 is 9.30 Å². The van der Waals surface area contributed by atoms with Crippen LogP contribution in [0.3, 0.4) is 0 Å². The highest BCUT2D eigenvalue weighted by molar-refractivity contribution is 8.00. The second-order valence-electron chi connectivity index (χ2n) is 5.84. The van der Waals surface area contributed by atoms with E-state index in [1.165, 1.54) is 11.8 Å². The molecule has 0 atom stereocenters. The van der Waals surface area contributed by atoms with Gasteiger partial charge in [0.25, 0.3) is 0 Å². The molecule has 6 heteroatoms. The van der Waals surface area contributed by atoms with Crippen molar-refractivity contribution in [2.24, 2.45) is 0 Å². The van der Waals surface area contributed by atoms with E-state index in [1.807, 2.05) is 44.2 Å². The van der Waals surface area contributed by atoms with Crippen molar-refractivity contribution in [1.29, 1.82) is 0 Å². The van der Waals surface area contributed by atoms with Crippen molar-refractivity contribution >= 4 is 28.4 Å². The Kier molecular flexibility index (Phi) is 5.50. The molecule has 2 heterocycles. The van der Waals surface area contributed by atoms with Crippen LogP contribution in [-0.2, 0) is 11.3 Å². The lowest BCUT2D eigenvalue weighted by Crippen LogP contribution is -2.09. The average Bonchev–Trinajstić information content (AvgIpc) is 2.92. The minimum absolute atomic E-state index is 0.115. The third-order valence-corrected chi connectivity index (χ3v) is 5.24. The van der Waals surface area contributed by atoms with Crippen molar-refractivity contribution in [3.63, 3.8) is 0 Å². The van der Waals surface area contributed by atoms with Crippen LogP contribution in [0.25, 0.3) is 10.9 Å². The molecule has 0 fully saturated rings. The van der Waals surface area contributed by atoms with Crippen LogP contribution >= 0.6 is 11.8 Å². The summed E-state index contributed by atoms with van der Waals surface area (Å²) in [6.07, 6.45) is 1.55. The summed E-state index contributed by atoms with van der Waals surface area (Å²) in [4.78, 5) is 21.3. The first-order valence-corrected chi connectivity index (χ1v) is 9.11. The monoisotopic (exact) mass is 355 g/mol. The first-order valence-electron chi connectivity index (χ1n) is 8.13. The molecule has 3 aromatic rings. The molecule has 0 spiro atoms. The number of ketones is 1. The van der Waals surface area contributed by atoms with Crippen molar-refractivity contribution in [3.05, 3.63) is 53.6 Å². The summed E-state index contributed by atoms with van der Waals surface area (Å²) in [6, 6.07) is 9.81. The molecular formula is C19H21N3O2S. The van der Waals surface area contributed by atoms with Crippen LogP contribution in [0.2, 0.25) is 0 Å². The maximum absolute atomic E-state index is 12.7. The SMILES string of the molecule is COCCn1c(C)cc(C(=O)CSc2ncnc3ccccc23)c1C. The van der Waals surface area contributed by atoms with E-state index in [0.717, 1.165) is 39.4 Å². The molecule has 0 radical (unpaired) electrons.